The molecule has 0 amide bonds. The lowest BCUT2D eigenvalue weighted by Gasteiger charge is -1.90. The molecule has 2 aromatic heterocycles. The van der Waals surface area contributed by atoms with Crippen molar-refractivity contribution in [3.63, 3.8) is 0 Å². The highest BCUT2D eigenvalue weighted by Crippen LogP contribution is 2.16. The van der Waals surface area contributed by atoms with Crippen LogP contribution in [0.15, 0.2) is 43.8 Å². The van der Waals surface area contributed by atoms with Crippen molar-refractivity contribution in [3.05, 3.63) is 24.7 Å². The zero-order chi connectivity index (χ0) is 9.31. The van der Waals surface area contributed by atoms with E-state index in [1.54, 1.807) is 0 Å². The Morgan fingerprint density at radius 1 is 1.00 bits per heavy atom. The van der Waals surface area contributed by atoms with E-state index in [2.05, 4.69) is 19.4 Å². The lowest BCUT2D eigenvalue weighted by Crippen LogP contribution is -2.02. The molecule has 0 bridgehead atoms. The monoisotopic (exact) mass is 200 g/mol. The van der Waals surface area contributed by atoms with Crippen LogP contribution in [0.2, 0.25) is 0 Å². The van der Waals surface area contributed by atoms with Crippen LogP contribution in [0.25, 0.3) is 0 Å². The number of rotatable bonds is 2. The van der Waals surface area contributed by atoms with E-state index < -0.39 is 9.84 Å². The summed E-state index contributed by atoms with van der Waals surface area (Å²) in [6.07, 6.45) is 2.35. The molecule has 0 unspecified atom stereocenters. The zero-order valence-electron chi connectivity index (χ0n) is 6.25. The van der Waals surface area contributed by atoms with E-state index in [0.29, 0.717) is 0 Å². The highest BCUT2D eigenvalue weighted by Gasteiger charge is 2.23. The van der Waals surface area contributed by atoms with Crippen molar-refractivity contribution in [2.45, 2.75) is 10.1 Å². The van der Waals surface area contributed by atoms with Gasteiger partial charge < -0.3 is 9.05 Å². The predicted molar refractivity (Wildman–Crippen MR) is 38.5 cm³/mol. The molecular weight excluding hydrogens is 196 g/mol. The quantitative estimate of drug-likeness (QED) is 0.701. The summed E-state index contributed by atoms with van der Waals surface area (Å²) in [5, 5.41) is 6.24. The molecule has 13 heavy (non-hydrogen) atoms. The summed E-state index contributed by atoms with van der Waals surface area (Å²) in [7, 11) is -3.66. The van der Waals surface area contributed by atoms with Crippen molar-refractivity contribution >= 4 is 9.84 Å². The van der Waals surface area contributed by atoms with E-state index in [4.69, 9.17) is 0 Å². The molecule has 0 aliphatic carbocycles. The molecule has 0 saturated carbocycles. The van der Waals surface area contributed by atoms with E-state index in [1.807, 2.05) is 0 Å². The van der Waals surface area contributed by atoms with Crippen LogP contribution in [0.5, 0.6) is 0 Å². The van der Waals surface area contributed by atoms with E-state index >= 15 is 0 Å². The Kier molecular flexibility index (Phi) is 1.66. The second-order valence-electron chi connectivity index (χ2n) is 2.18. The molecule has 0 saturated heterocycles. The van der Waals surface area contributed by atoms with Gasteiger partial charge in [-0.15, -0.1) is 0 Å². The number of hydrogen-bond donors (Lipinski definition) is 0. The van der Waals surface area contributed by atoms with Crippen LogP contribution in [0.3, 0.4) is 0 Å². The van der Waals surface area contributed by atoms with Crippen LogP contribution >= 0.6 is 0 Å². The van der Waals surface area contributed by atoms with Gasteiger partial charge in [0.25, 0.3) is 0 Å². The van der Waals surface area contributed by atoms with Gasteiger partial charge in [-0.1, -0.05) is 10.3 Å². The Balaban J connectivity index is 2.56. The summed E-state index contributed by atoms with van der Waals surface area (Å²) in [5.41, 5.74) is 0. The first kappa shape index (κ1) is 7.99. The Labute approximate surface area is 73.0 Å². The third-order valence-electron chi connectivity index (χ3n) is 1.38. The van der Waals surface area contributed by atoms with Crippen molar-refractivity contribution in [2.24, 2.45) is 0 Å². The minimum Gasteiger partial charge on any atom is -0.363 e. The average molecular weight is 200 g/mol. The maximum Gasteiger partial charge on any atom is 0.248 e. The third-order valence-corrected chi connectivity index (χ3v) is 2.90. The molecule has 0 aromatic carbocycles. The van der Waals surface area contributed by atoms with Crippen LogP contribution < -0.4 is 0 Å². The second-order valence-corrected chi connectivity index (χ2v) is 4.02. The SMILES string of the molecule is O=S(=O)(c1ccon1)c1ccon1. The van der Waals surface area contributed by atoms with Gasteiger partial charge in [-0.25, -0.2) is 8.42 Å². The Bertz CT molecular complexity index is 430. The normalized spacial score (nSPS) is 11.7. The van der Waals surface area contributed by atoms with Crippen LogP contribution in [0, 0.1) is 0 Å². The Morgan fingerprint density at radius 2 is 1.46 bits per heavy atom. The van der Waals surface area contributed by atoms with Crippen LogP contribution in [-0.2, 0) is 9.84 Å². The topological polar surface area (TPSA) is 86.2 Å². The van der Waals surface area contributed by atoms with Gasteiger partial charge in [0.15, 0.2) is 0 Å². The lowest BCUT2D eigenvalue weighted by molar-refractivity contribution is 0.393. The standard InChI is InChI=1S/C6H4N2O4S/c9-13(10,5-1-3-11-7-5)6-2-4-12-8-6/h1-4H. The molecule has 0 N–H and O–H groups in total. The van der Waals surface area contributed by atoms with Crippen LogP contribution in [0.4, 0.5) is 0 Å². The molecule has 0 radical (unpaired) electrons. The van der Waals surface area contributed by atoms with Gasteiger partial charge in [-0.05, 0) is 0 Å². The third kappa shape index (κ3) is 1.22. The van der Waals surface area contributed by atoms with Gasteiger partial charge in [0.2, 0.25) is 19.9 Å². The molecule has 0 aliphatic heterocycles. The summed E-state index contributed by atoms with van der Waals surface area (Å²) in [6.45, 7) is 0. The minimum absolute atomic E-state index is 0.179. The van der Waals surface area contributed by atoms with E-state index in [0.717, 1.165) is 0 Å². The van der Waals surface area contributed by atoms with Gasteiger partial charge >= 0.3 is 0 Å². The van der Waals surface area contributed by atoms with Gasteiger partial charge in [0.05, 0.1) is 0 Å². The summed E-state index contributed by atoms with van der Waals surface area (Å²) >= 11 is 0. The maximum atomic E-state index is 11.5. The van der Waals surface area contributed by atoms with Gasteiger partial charge in [-0.2, -0.15) is 0 Å². The smallest absolute Gasteiger partial charge is 0.248 e. The molecule has 6 nitrogen and oxygen atoms in total. The number of hydrogen-bond acceptors (Lipinski definition) is 6. The fourth-order valence-corrected chi connectivity index (χ4v) is 1.75. The zero-order valence-corrected chi connectivity index (χ0v) is 7.06. The molecule has 2 heterocycles. The minimum atomic E-state index is -3.66. The van der Waals surface area contributed by atoms with Gasteiger partial charge in [-0.3, -0.25) is 0 Å². The maximum absolute atomic E-state index is 11.5. The predicted octanol–water partition coefficient (Wildman–Crippen LogP) is 0.495. The van der Waals surface area contributed by atoms with Gasteiger partial charge in [0, 0.05) is 12.1 Å². The molecule has 2 aromatic rings. The molecule has 0 spiro atoms. The van der Waals surface area contributed by atoms with Crippen molar-refractivity contribution in [1.29, 1.82) is 0 Å². The molecule has 7 heteroatoms. The molecule has 0 fully saturated rings. The summed E-state index contributed by atoms with van der Waals surface area (Å²) in [5.74, 6) is 0. The Morgan fingerprint density at radius 3 is 1.77 bits per heavy atom. The number of aromatic nitrogens is 2. The molecule has 0 aliphatic rings. The Hall–Kier alpha value is -1.63. The largest absolute Gasteiger partial charge is 0.363 e. The molecule has 2 rings (SSSR count). The van der Waals surface area contributed by atoms with Crippen molar-refractivity contribution in [2.75, 3.05) is 0 Å². The van der Waals surface area contributed by atoms with E-state index in [-0.39, 0.29) is 10.1 Å². The first-order valence-corrected chi connectivity index (χ1v) is 4.75. The molecule has 0 atom stereocenters. The van der Waals surface area contributed by atoms with E-state index in [9.17, 15) is 8.42 Å². The van der Waals surface area contributed by atoms with E-state index in [1.165, 1.54) is 24.7 Å². The number of sulfone groups is 1. The first-order chi connectivity index (χ1) is 6.21. The summed E-state index contributed by atoms with van der Waals surface area (Å²) in [4.78, 5) is 0. The number of nitrogens with zero attached hydrogens (tertiary/aromatic N) is 2. The summed E-state index contributed by atoms with van der Waals surface area (Å²) < 4.78 is 31.8. The highest BCUT2D eigenvalue weighted by molar-refractivity contribution is 7.91. The molecular formula is C6H4N2O4S. The van der Waals surface area contributed by atoms with Crippen molar-refractivity contribution in [1.82, 2.24) is 10.3 Å². The first-order valence-electron chi connectivity index (χ1n) is 3.27. The van der Waals surface area contributed by atoms with Gasteiger partial charge in [0.1, 0.15) is 12.5 Å². The molecule has 68 valence electrons. The fraction of sp³-hybridized carbons (Fsp3) is 0. The highest BCUT2D eigenvalue weighted by atomic mass is 32.2. The van der Waals surface area contributed by atoms with Crippen molar-refractivity contribution in [3.8, 4) is 0 Å². The summed E-state index contributed by atoms with van der Waals surface area (Å²) in [6, 6.07) is 2.48. The van der Waals surface area contributed by atoms with Crippen LogP contribution in [0.1, 0.15) is 0 Å². The fourth-order valence-electron chi connectivity index (χ4n) is 0.787. The average Bonchev–Trinajstić information content (AvgIpc) is 2.78. The van der Waals surface area contributed by atoms with Crippen molar-refractivity contribution < 1.29 is 17.5 Å². The lowest BCUT2D eigenvalue weighted by atomic mass is 10.8. The second kappa shape index (κ2) is 2.70. The van der Waals surface area contributed by atoms with Crippen LogP contribution in [-0.4, -0.2) is 18.7 Å².